The Hall–Kier alpha value is -2.99. The van der Waals surface area contributed by atoms with Gasteiger partial charge in [0.2, 0.25) is 0 Å². The van der Waals surface area contributed by atoms with Crippen LogP contribution in [0.1, 0.15) is 18.3 Å². The molecule has 31 heavy (non-hydrogen) atoms. The smallest absolute Gasteiger partial charge is 0.431 e. The number of alkyl halides is 3. The zero-order valence-corrected chi connectivity index (χ0v) is 17.7. The van der Waals surface area contributed by atoms with Crippen molar-refractivity contribution >= 4 is 27.6 Å². The van der Waals surface area contributed by atoms with Crippen molar-refractivity contribution in [3.05, 3.63) is 56.5 Å². The molecule has 3 aromatic rings. The summed E-state index contributed by atoms with van der Waals surface area (Å²) in [6, 6.07) is 5.04. The number of esters is 1. The highest BCUT2D eigenvalue weighted by Gasteiger charge is 2.35. The van der Waals surface area contributed by atoms with Gasteiger partial charge in [-0.25, -0.2) is 9.36 Å². The predicted molar refractivity (Wildman–Crippen MR) is 108 cm³/mol. The summed E-state index contributed by atoms with van der Waals surface area (Å²) in [5.41, 5.74) is -2.78. The van der Waals surface area contributed by atoms with Gasteiger partial charge < -0.3 is 4.74 Å². The first-order valence-corrected chi connectivity index (χ1v) is 9.93. The van der Waals surface area contributed by atoms with E-state index >= 15 is 0 Å². The number of nitrogens with zero attached hydrogens (tertiary/aromatic N) is 4. The lowest BCUT2D eigenvalue weighted by Crippen LogP contribution is -2.40. The first-order chi connectivity index (χ1) is 14.5. The standard InChI is InChI=1S/C19H19F3N4O4S/c1-4-30-17(28)10-24(2)9-13-12-7-11(5-6-14(12)31-23-13)26-16(27)8-15(19(20,21)22)25(3)18(26)29/h5-8H,4,9-10H2,1-3H3. The molecule has 0 saturated carbocycles. The molecule has 12 heteroatoms. The minimum atomic E-state index is -4.83. The maximum Gasteiger partial charge on any atom is 0.431 e. The summed E-state index contributed by atoms with van der Waals surface area (Å²) >= 11 is 1.19. The number of hydrogen-bond acceptors (Lipinski definition) is 7. The Morgan fingerprint density at radius 2 is 1.97 bits per heavy atom. The summed E-state index contributed by atoms with van der Waals surface area (Å²) in [6.07, 6.45) is -4.83. The summed E-state index contributed by atoms with van der Waals surface area (Å²) in [5.74, 6) is -0.384. The number of fused-ring (bicyclic) bond motifs is 1. The van der Waals surface area contributed by atoms with E-state index in [2.05, 4.69) is 4.37 Å². The Balaban J connectivity index is 2.02. The average molecular weight is 456 g/mol. The monoisotopic (exact) mass is 456 g/mol. The molecule has 8 nitrogen and oxygen atoms in total. The molecule has 0 fully saturated rings. The van der Waals surface area contributed by atoms with Gasteiger partial charge in [-0.3, -0.25) is 19.1 Å². The maximum absolute atomic E-state index is 13.1. The van der Waals surface area contributed by atoms with E-state index in [0.29, 0.717) is 32.8 Å². The molecule has 0 bridgehead atoms. The molecule has 0 unspecified atom stereocenters. The summed E-state index contributed by atoms with van der Waals surface area (Å²) in [4.78, 5) is 38.2. The van der Waals surface area contributed by atoms with Crippen molar-refractivity contribution in [2.24, 2.45) is 7.05 Å². The third kappa shape index (κ3) is 4.69. The van der Waals surface area contributed by atoms with Crippen LogP contribution < -0.4 is 11.2 Å². The first kappa shape index (κ1) is 22.7. The molecule has 0 aliphatic heterocycles. The summed E-state index contributed by atoms with van der Waals surface area (Å²) in [7, 11) is 2.67. The Morgan fingerprint density at radius 1 is 1.26 bits per heavy atom. The van der Waals surface area contributed by atoms with Crippen LogP contribution in [0.15, 0.2) is 33.9 Å². The number of aromatic nitrogens is 3. The molecule has 0 amide bonds. The lowest BCUT2D eigenvalue weighted by molar-refractivity contribution is -0.145. The van der Waals surface area contributed by atoms with E-state index in [1.165, 1.54) is 23.7 Å². The van der Waals surface area contributed by atoms with Gasteiger partial charge in [0.1, 0.15) is 5.69 Å². The van der Waals surface area contributed by atoms with Crippen molar-refractivity contribution in [3.8, 4) is 5.69 Å². The minimum absolute atomic E-state index is 0.0471. The van der Waals surface area contributed by atoms with E-state index in [9.17, 15) is 27.6 Å². The number of carbonyl (C=O) groups is 1. The molecular weight excluding hydrogens is 437 g/mol. The van der Waals surface area contributed by atoms with Crippen LogP contribution in [0.5, 0.6) is 0 Å². The lowest BCUT2D eigenvalue weighted by atomic mass is 10.2. The van der Waals surface area contributed by atoms with Gasteiger partial charge in [-0.15, -0.1) is 0 Å². The van der Waals surface area contributed by atoms with E-state index in [1.54, 1.807) is 24.9 Å². The molecule has 166 valence electrons. The molecule has 0 aliphatic rings. The van der Waals surface area contributed by atoms with E-state index in [0.717, 1.165) is 11.7 Å². The highest BCUT2D eigenvalue weighted by Crippen LogP contribution is 2.28. The second-order valence-electron chi connectivity index (χ2n) is 6.83. The molecule has 0 saturated heterocycles. The zero-order chi connectivity index (χ0) is 22.9. The Labute approximate surface area is 178 Å². The van der Waals surface area contributed by atoms with Gasteiger partial charge >= 0.3 is 17.8 Å². The van der Waals surface area contributed by atoms with Crippen molar-refractivity contribution in [1.29, 1.82) is 0 Å². The van der Waals surface area contributed by atoms with Crippen LogP contribution in [0, 0.1) is 0 Å². The van der Waals surface area contributed by atoms with E-state index in [4.69, 9.17) is 4.74 Å². The number of carbonyl (C=O) groups excluding carboxylic acids is 1. The SMILES string of the molecule is CCOC(=O)CN(C)Cc1nsc2ccc(-n3c(=O)cc(C(F)(F)F)n(C)c3=O)cc12. The molecule has 2 heterocycles. The van der Waals surface area contributed by atoms with Crippen LogP contribution in [0.2, 0.25) is 0 Å². The summed E-state index contributed by atoms with van der Waals surface area (Å²) in [6.45, 7) is 2.32. The minimum Gasteiger partial charge on any atom is -0.465 e. The van der Waals surface area contributed by atoms with Crippen molar-refractivity contribution in [1.82, 2.24) is 18.4 Å². The Bertz CT molecular complexity index is 1250. The number of benzene rings is 1. The molecule has 1 aromatic carbocycles. The fourth-order valence-corrected chi connectivity index (χ4v) is 3.87. The fourth-order valence-electron chi connectivity index (χ4n) is 3.10. The zero-order valence-electron chi connectivity index (χ0n) is 16.9. The largest absolute Gasteiger partial charge is 0.465 e. The van der Waals surface area contributed by atoms with E-state index in [-0.39, 0.29) is 24.8 Å². The van der Waals surface area contributed by atoms with Crippen molar-refractivity contribution in [2.75, 3.05) is 20.2 Å². The van der Waals surface area contributed by atoms with Crippen LogP contribution in [0.25, 0.3) is 15.8 Å². The van der Waals surface area contributed by atoms with Gasteiger partial charge in [0.05, 0.1) is 29.2 Å². The second-order valence-corrected chi connectivity index (χ2v) is 7.63. The molecular formula is C19H19F3N4O4S. The second kappa shape index (κ2) is 8.63. The van der Waals surface area contributed by atoms with Crippen LogP contribution >= 0.6 is 11.5 Å². The highest BCUT2D eigenvalue weighted by molar-refractivity contribution is 7.13. The van der Waals surface area contributed by atoms with Gasteiger partial charge in [0.15, 0.2) is 0 Å². The van der Waals surface area contributed by atoms with Gasteiger partial charge in [-0.05, 0) is 43.7 Å². The number of halogens is 3. The van der Waals surface area contributed by atoms with Crippen LogP contribution in [-0.4, -0.2) is 44.6 Å². The molecule has 0 radical (unpaired) electrons. The molecule has 2 aromatic heterocycles. The maximum atomic E-state index is 13.1. The Kier molecular flexibility index (Phi) is 6.32. The molecule has 0 spiro atoms. The summed E-state index contributed by atoms with van der Waals surface area (Å²) < 4.78 is 50.3. The fraction of sp³-hybridized carbons (Fsp3) is 0.368. The highest BCUT2D eigenvalue weighted by atomic mass is 32.1. The average Bonchev–Trinajstić information content (AvgIpc) is 3.06. The summed E-state index contributed by atoms with van der Waals surface area (Å²) in [5, 5.41) is 0.632. The third-order valence-corrected chi connectivity index (χ3v) is 5.39. The molecule has 0 aliphatic carbocycles. The van der Waals surface area contributed by atoms with Gasteiger partial charge in [0.25, 0.3) is 5.56 Å². The van der Waals surface area contributed by atoms with Crippen molar-refractivity contribution < 1.29 is 22.7 Å². The van der Waals surface area contributed by atoms with Crippen LogP contribution in [0.3, 0.4) is 0 Å². The third-order valence-electron chi connectivity index (χ3n) is 4.52. The van der Waals surface area contributed by atoms with E-state index in [1.807, 2.05) is 0 Å². The Morgan fingerprint density at radius 3 is 2.61 bits per heavy atom. The van der Waals surface area contributed by atoms with Gasteiger partial charge in [-0.1, -0.05) is 0 Å². The van der Waals surface area contributed by atoms with Gasteiger partial charge in [0, 0.05) is 25.0 Å². The lowest BCUT2D eigenvalue weighted by Gasteiger charge is -2.15. The van der Waals surface area contributed by atoms with E-state index < -0.39 is 23.1 Å². The number of ether oxygens (including phenoxy) is 1. The van der Waals surface area contributed by atoms with Crippen LogP contribution in [0.4, 0.5) is 13.2 Å². The normalized spacial score (nSPS) is 12.0. The number of rotatable bonds is 6. The van der Waals surface area contributed by atoms with Crippen molar-refractivity contribution in [2.45, 2.75) is 19.6 Å². The predicted octanol–water partition coefficient (Wildman–Crippen LogP) is 2.16. The quantitative estimate of drug-likeness (QED) is 0.529. The first-order valence-electron chi connectivity index (χ1n) is 9.16. The van der Waals surface area contributed by atoms with Crippen LogP contribution in [-0.2, 0) is 29.3 Å². The van der Waals surface area contributed by atoms with Crippen molar-refractivity contribution in [3.63, 3.8) is 0 Å². The number of likely N-dealkylation sites (N-methyl/N-ethyl adjacent to an activating group) is 1. The van der Waals surface area contributed by atoms with Gasteiger partial charge in [-0.2, -0.15) is 17.5 Å². The molecule has 0 N–H and O–H groups in total. The molecule has 3 rings (SSSR count). The topological polar surface area (TPSA) is 86.4 Å². The molecule has 0 atom stereocenters. The number of hydrogen-bond donors (Lipinski definition) is 0.